The molecule has 0 fully saturated rings. The molecule has 0 radical (unpaired) electrons. The Balaban J connectivity index is 1.74. The fraction of sp³-hybridized carbons (Fsp3) is 0.0357. The van der Waals surface area contributed by atoms with Crippen molar-refractivity contribution in [2.75, 3.05) is 5.32 Å². The molecule has 150 valence electrons. The number of nitrogens with one attached hydrogen (secondary N) is 1. The van der Waals surface area contributed by atoms with Gasteiger partial charge in [-0.25, -0.2) is 4.39 Å². The molecule has 2 nitrogen and oxygen atoms in total. The smallest absolute Gasteiger partial charge is 0.177 e. The van der Waals surface area contributed by atoms with Crippen molar-refractivity contribution in [1.82, 2.24) is 0 Å². The number of carbonyl (C=O) groups excluding carboxylic acids is 1. The fourth-order valence-corrected chi connectivity index (χ4v) is 4.19. The summed E-state index contributed by atoms with van der Waals surface area (Å²) in [7, 11) is 0. The number of benzene rings is 4. The number of halogens is 1. The number of carbonyl (C=O) groups is 1. The zero-order valence-electron chi connectivity index (χ0n) is 16.8. The average molecular weight is 405 g/mol. The van der Waals surface area contributed by atoms with Crippen molar-refractivity contribution >= 4 is 22.7 Å². The van der Waals surface area contributed by atoms with E-state index in [0.29, 0.717) is 11.3 Å². The van der Waals surface area contributed by atoms with Crippen molar-refractivity contribution in [3.8, 4) is 0 Å². The van der Waals surface area contributed by atoms with E-state index in [4.69, 9.17) is 0 Å². The van der Waals surface area contributed by atoms with Crippen LogP contribution in [0.4, 0.5) is 10.1 Å². The molecule has 1 atom stereocenters. The zero-order chi connectivity index (χ0) is 21.2. The predicted octanol–water partition coefficient (Wildman–Crippen LogP) is 6.52. The van der Waals surface area contributed by atoms with E-state index >= 15 is 0 Å². The highest BCUT2D eigenvalue weighted by Crippen LogP contribution is 2.45. The SMILES string of the molecule is O=C1/C(=C(\Nc2ccccc2)c2ccc(F)cc2)c2ccccc2C1c1ccccc1. The van der Waals surface area contributed by atoms with E-state index in [1.165, 1.54) is 12.1 Å². The van der Waals surface area contributed by atoms with Crippen LogP contribution in [0.25, 0.3) is 11.3 Å². The van der Waals surface area contributed by atoms with E-state index in [1.54, 1.807) is 12.1 Å². The second kappa shape index (κ2) is 8.04. The third-order valence-electron chi connectivity index (χ3n) is 5.61. The first-order valence-electron chi connectivity index (χ1n) is 10.2. The lowest BCUT2D eigenvalue weighted by Crippen LogP contribution is -2.11. The Morgan fingerprint density at radius 3 is 2.03 bits per heavy atom. The van der Waals surface area contributed by atoms with Crippen LogP contribution >= 0.6 is 0 Å². The minimum atomic E-state index is -0.361. The number of ketones is 1. The van der Waals surface area contributed by atoms with Crippen LogP contribution in [0.2, 0.25) is 0 Å². The first-order chi connectivity index (χ1) is 15.2. The van der Waals surface area contributed by atoms with Gasteiger partial charge in [0, 0.05) is 5.69 Å². The standard InChI is InChI=1S/C28H20FNO/c29-21-17-15-20(16-18-21)27(30-22-11-5-2-6-12-22)26-24-14-8-7-13-23(24)25(28(26)31)19-9-3-1-4-10-19/h1-18,25,30H/b27-26-. The molecule has 0 aliphatic heterocycles. The number of hydrogen-bond acceptors (Lipinski definition) is 2. The molecular weight excluding hydrogens is 385 g/mol. The maximum atomic E-state index is 13.9. The summed E-state index contributed by atoms with van der Waals surface area (Å²) in [5.41, 5.74) is 5.79. The van der Waals surface area contributed by atoms with Gasteiger partial charge in [-0.1, -0.05) is 72.8 Å². The first kappa shape index (κ1) is 19.0. The summed E-state index contributed by atoms with van der Waals surface area (Å²) in [6.45, 7) is 0. The molecule has 0 saturated heterocycles. The van der Waals surface area contributed by atoms with Gasteiger partial charge in [0.25, 0.3) is 0 Å². The summed E-state index contributed by atoms with van der Waals surface area (Å²) in [6.07, 6.45) is 0. The fourth-order valence-electron chi connectivity index (χ4n) is 4.19. The molecule has 0 spiro atoms. The Kier molecular flexibility index (Phi) is 4.93. The number of allylic oxidation sites excluding steroid dienone is 1. The van der Waals surface area contributed by atoms with Crippen molar-refractivity contribution < 1.29 is 9.18 Å². The molecule has 1 N–H and O–H groups in total. The van der Waals surface area contributed by atoms with E-state index in [9.17, 15) is 9.18 Å². The third-order valence-corrected chi connectivity index (χ3v) is 5.61. The summed E-state index contributed by atoms with van der Waals surface area (Å²) >= 11 is 0. The van der Waals surface area contributed by atoms with Crippen molar-refractivity contribution in [3.63, 3.8) is 0 Å². The predicted molar refractivity (Wildman–Crippen MR) is 123 cm³/mol. The van der Waals surface area contributed by atoms with Gasteiger partial charge in [0.1, 0.15) is 5.82 Å². The van der Waals surface area contributed by atoms with Gasteiger partial charge in [-0.05, 0) is 58.7 Å². The van der Waals surface area contributed by atoms with Gasteiger partial charge in [0.05, 0.1) is 17.2 Å². The summed E-state index contributed by atoms with van der Waals surface area (Å²) in [4.78, 5) is 13.9. The molecule has 4 aromatic carbocycles. The zero-order valence-corrected chi connectivity index (χ0v) is 16.8. The number of Topliss-reactive ketones (excluding diaryl/α,β-unsaturated/α-hetero) is 1. The van der Waals surface area contributed by atoms with E-state index in [0.717, 1.165) is 27.9 Å². The maximum absolute atomic E-state index is 13.9. The molecule has 0 heterocycles. The average Bonchev–Trinajstić information content (AvgIpc) is 3.11. The van der Waals surface area contributed by atoms with Gasteiger partial charge >= 0.3 is 0 Å². The second-order valence-corrected chi connectivity index (χ2v) is 7.54. The van der Waals surface area contributed by atoms with Crippen molar-refractivity contribution in [1.29, 1.82) is 0 Å². The van der Waals surface area contributed by atoms with E-state index in [-0.39, 0.29) is 17.5 Å². The van der Waals surface area contributed by atoms with Crippen LogP contribution in [0.5, 0.6) is 0 Å². The Hall–Kier alpha value is -3.98. The summed E-state index contributed by atoms with van der Waals surface area (Å²) in [5.74, 6) is -0.635. The molecule has 0 saturated carbocycles. The Labute approximate surface area is 180 Å². The normalized spacial score (nSPS) is 16.7. The molecule has 1 unspecified atom stereocenters. The Bertz CT molecular complexity index is 1260. The van der Waals surface area contributed by atoms with Gasteiger partial charge < -0.3 is 5.32 Å². The highest BCUT2D eigenvalue weighted by atomic mass is 19.1. The number of para-hydroxylation sites is 1. The minimum absolute atomic E-state index is 0.0372. The van der Waals surface area contributed by atoms with E-state index in [2.05, 4.69) is 5.32 Å². The maximum Gasteiger partial charge on any atom is 0.177 e. The van der Waals surface area contributed by atoms with E-state index < -0.39 is 0 Å². The Morgan fingerprint density at radius 1 is 0.710 bits per heavy atom. The lowest BCUT2D eigenvalue weighted by molar-refractivity contribution is -0.113. The molecule has 0 amide bonds. The lowest BCUT2D eigenvalue weighted by atomic mass is 9.92. The van der Waals surface area contributed by atoms with Gasteiger partial charge in [0.15, 0.2) is 5.78 Å². The molecule has 31 heavy (non-hydrogen) atoms. The molecule has 1 aliphatic rings. The molecule has 5 rings (SSSR count). The topological polar surface area (TPSA) is 29.1 Å². The summed E-state index contributed by atoms with van der Waals surface area (Å²) in [6, 6.07) is 33.7. The monoisotopic (exact) mass is 405 g/mol. The molecular formula is C28H20FNO. The largest absolute Gasteiger partial charge is 0.354 e. The molecule has 1 aliphatic carbocycles. The quantitative estimate of drug-likeness (QED) is 0.392. The molecule has 4 aromatic rings. The van der Waals surface area contributed by atoms with Gasteiger partial charge in [0.2, 0.25) is 0 Å². The number of hydrogen-bond donors (Lipinski definition) is 1. The van der Waals surface area contributed by atoms with Crippen LogP contribution in [0.3, 0.4) is 0 Å². The summed E-state index contributed by atoms with van der Waals surface area (Å²) in [5, 5.41) is 3.44. The van der Waals surface area contributed by atoms with Crippen molar-refractivity contribution in [2.24, 2.45) is 0 Å². The third kappa shape index (κ3) is 3.55. The number of anilines is 1. The highest BCUT2D eigenvalue weighted by molar-refractivity contribution is 6.35. The van der Waals surface area contributed by atoms with Gasteiger partial charge in [-0.2, -0.15) is 0 Å². The van der Waals surface area contributed by atoms with Crippen LogP contribution in [0.1, 0.15) is 28.2 Å². The summed E-state index contributed by atoms with van der Waals surface area (Å²) < 4.78 is 13.6. The molecule has 0 bridgehead atoms. The lowest BCUT2D eigenvalue weighted by Gasteiger charge is -2.16. The highest BCUT2D eigenvalue weighted by Gasteiger charge is 2.38. The minimum Gasteiger partial charge on any atom is -0.354 e. The van der Waals surface area contributed by atoms with Crippen LogP contribution in [0.15, 0.2) is 109 Å². The Morgan fingerprint density at radius 2 is 1.32 bits per heavy atom. The second-order valence-electron chi connectivity index (χ2n) is 7.54. The van der Waals surface area contributed by atoms with E-state index in [1.807, 2.05) is 84.9 Å². The van der Waals surface area contributed by atoms with Gasteiger partial charge in [-0.3, -0.25) is 4.79 Å². The van der Waals surface area contributed by atoms with Crippen LogP contribution in [-0.4, -0.2) is 5.78 Å². The number of fused-ring (bicyclic) bond motifs is 1. The molecule has 0 aromatic heterocycles. The van der Waals surface area contributed by atoms with Crippen molar-refractivity contribution in [3.05, 3.63) is 137 Å². The molecule has 3 heteroatoms. The number of rotatable bonds is 4. The van der Waals surface area contributed by atoms with Crippen LogP contribution in [-0.2, 0) is 4.79 Å². The van der Waals surface area contributed by atoms with Gasteiger partial charge in [-0.15, -0.1) is 0 Å². The first-order valence-corrected chi connectivity index (χ1v) is 10.2. The van der Waals surface area contributed by atoms with Crippen LogP contribution < -0.4 is 5.32 Å². The van der Waals surface area contributed by atoms with Crippen molar-refractivity contribution in [2.45, 2.75) is 5.92 Å². The van der Waals surface area contributed by atoms with Crippen LogP contribution in [0, 0.1) is 5.82 Å².